The van der Waals surface area contributed by atoms with Gasteiger partial charge in [-0.15, -0.1) is 0 Å². The summed E-state index contributed by atoms with van der Waals surface area (Å²) in [6, 6.07) is 5.86. The number of sulfonamides is 1. The van der Waals surface area contributed by atoms with Gasteiger partial charge >= 0.3 is 0 Å². The fraction of sp³-hybridized carbons (Fsp3) is 0.562. The van der Waals surface area contributed by atoms with Gasteiger partial charge in [-0.25, -0.2) is 13.1 Å². The first-order valence-corrected chi connectivity index (χ1v) is 9.45. The Morgan fingerprint density at radius 3 is 2.22 bits per heavy atom. The third kappa shape index (κ3) is 4.76. The molecule has 23 heavy (non-hydrogen) atoms. The van der Waals surface area contributed by atoms with E-state index in [1.807, 2.05) is 0 Å². The van der Waals surface area contributed by atoms with Gasteiger partial charge in [0.25, 0.3) is 5.91 Å². The predicted molar refractivity (Wildman–Crippen MR) is 89.6 cm³/mol. The number of nitrogens with two attached hydrogens (primary N) is 1. The third-order valence-electron chi connectivity index (χ3n) is 4.37. The lowest BCUT2D eigenvalue weighted by Gasteiger charge is -2.28. The monoisotopic (exact) mass is 339 g/mol. The molecule has 0 aliphatic heterocycles. The van der Waals surface area contributed by atoms with Gasteiger partial charge < -0.3 is 11.1 Å². The molecule has 1 amide bonds. The molecule has 0 aromatic heterocycles. The molecule has 1 aliphatic carbocycles. The third-order valence-corrected chi connectivity index (χ3v) is 5.78. The van der Waals surface area contributed by atoms with Gasteiger partial charge in [0, 0.05) is 24.7 Å². The van der Waals surface area contributed by atoms with Gasteiger partial charge in [0.15, 0.2) is 0 Å². The number of rotatable bonds is 5. The van der Waals surface area contributed by atoms with Gasteiger partial charge in [-0.3, -0.25) is 4.79 Å². The summed E-state index contributed by atoms with van der Waals surface area (Å²) in [5.41, 5.74) is 6.30. The average molecular weight is 339 g/mol. The number of benzene rings is 1. The minimum Gasteiger partial charge on any atom is -0.355 e. The summed E-state index contributed by atoms with van der Waals surface area (Å²) in [5.74, 6) is -0.249. The number of hydrogen-bond donors (Lipinski definition) is 3. The van der Waals surface area contributed by atoms with Crippen molar-refractivity contribution in [2.75, 3.05) is 13.6 Å². The van der Waals surface area contributed by atoms with Crippen molar-refractivity contribution in [3.8, 4) is 0 Å². The van der Waals surface area contributed by atoms with Crippen molar-refractivity contribution in [3.63, 3.8) is 0 Å². The molecule has 0 spiro atoms. The van der Waals surface area contributed by atoms with Crippen molar-refractivity contribution in [2.45, 2.75) is 49.0 Å². The largest absolute Gasteiger partial charge is 0.355 e. The van der Waals surface area contributed by atoms with Crippen LogP contribution in [0.3, 0.4) is 0 Å². The molecule has 1 fully saturated rings. The quantitative estimate of drug-likeness (QED) is 0.705. The van der Waals surface area contributed by atoms with Crippen LogP contribution in [0.2, 0.25) is 0 Å². The standard InChI is InChI=1S/C16H25N3O3S/c1-18-15(20)13-6-8-14(9-7-13)23(21,22)19-12-16(17)10-4-2-3-5-11-16/h6-9,19H,2-5,10-12,17H2,1H3,(H,18,20). The van der Waals surface area contributed by atoms with E-state index in [0.29, 0.717) is 5.56 Å². The van der Waals surface area contributed by atoms with Crippen LogP contribution in [0.5, 0.6) is 0 Å². The maximum Gasteiger partial charge on any atom is 0.251 e. The maximum atomic E-state index is 12.4. The second-order valence-electron chi connectivity index (χ2n) is 6.20. The zero-order valence-electron chi connectivity index (χ0n) is 13.5. The van der Waals surface area contributed by atoms with Crippen molar-refractivity contribution in [1.29, 1.82) is 0 Å². The van der Waals surface area contributed by atoms with Crippen LogP contribution in [-0.2, 0) is 10.0 Å². The molecular weight excluding hydrogens is 314 g/mol. The first-order valence-electron chi connectivity index (χ1n) is 7.97. The van der Waals surface area contributed by atoms with Crippen LogP contribution in [0, 0.1) is 0 Å². The summed E-state index contributed by atoms with van der Waals surface area (Å²) in [7, 11) is -2.09. The Morgan fingerprint density at radius 1 is 1.13 bits per heavy atom. The molecule has 1 saturated carbocycles. The molecule has 0 unspecified atom stereocenters. The van der Waals surface area contributed by atoms with E-state index in [-0.39, 0.29) is 17.3 Å². The number of carbonyl (C=O) groups is 1. The molecule has 4 N–H and O–H groups in total. The summed E-state index contributed by atoms with van der Waals surface area (Å²) in [5, 5.41) is 2.50. The molecule has 128 valence electrons. The highest BCUT2D eigenvalue weighted by Gasteiger charge is 2.28. The van der Waals surface area contributed by atoms with Crippen molar-refractivity contribution in [3.05, 3.63) is 29.8 Å². The van der Waals surface area contributed by atoms with Crippen molar-refractivity contribution < 1.29 is 13.2 Å². The van der Waals surface area contributed by atoms with Gasteiger partial charge in [0.2, 0.25) is 10.0 Å². The van der Waals surface area contributed by atoms with E-state index in [9.17, 15) is 13.2 Å². The van der Waals surface area contributed by atoms with E-state index < -0.39 is 15.6 Å². The Kier molecular flexibility index (Phi) is 5.78. The number of nitrogens with one attached hydrogen (secondary N) is 2. The van der Waals surface area contributed by atoms with Crippen LogP contribution in [0.4, 0.5) is 0 Å². The number of hydrogen-bond acceptors (Lipinski definition) is 4. The summed E-state index contributed by atoms with van der Waals surface area (Å²) in [6.07, 6.45) is 6.08. The van der Waals surface area contributed by atoms with Crippen molar-refractivity contribution in [1.82, 2.24) is 10.0 Å². The SMILES string of the molecule is CNC(=O)c1ccc(S(=O)(=O)NCC2(N)CCCCCC2)cc1. The van der Waals surface area contributed by atoms with Crippen molar-refractivity contribution >= 4 is 15.9 Å². The first kappa shape index (κ1) is 17.9. The fourth-order valence-corrected chi connectivity index (χ4v) is 4.00. The molecule has 0 bridgehead atoms. The average Bonchev–Trinajstić information content (AvgIpc) is 2.78. The zero-order chi connectivity index (χ0) is 16.9. The number of carbonyl (C=O) groups excluding carboxylic acids is 1. The Hall–Kier alpha value is -1.44. The molecule has 6 nitrogen and oxygen atoms in total. The molecule has 1 aromatic carbocycles. The Bertz CT molecular complexity index is 633. The maximum absolute atomic E-state index is 12.4. The topological polar surface area (TPSA) is 101 Å². The summed E-state index contributed by atoms with van der Waals surface area (Å²) < 4.78 is 27.4. The highest BCUT2D eigenvalue weighted by atomic mass is 32.2. The highest BCUT2D eigenvalue weighted by Crippen LogP contribution is 2.24. The molecule has 1 aliphatic rings. The molecule has 1 aromatic rings. The minimum absolute atomic E-state index is 0.141. The normalized spacial score (nSPS) is 18.2. The lowest BCUT2D eigenvalue weighted by Crippen LogP contribution is -2.49. The summed E-state index contributed by atoms with van der Waals surface area (Å²) in [6.45, 7) is 0.243. The van der Waals surface area contributed by atoms with E-state index >= 15 is 0 Å². The van der Waals surface area contributed by atoms with Gasteiger partial charge in [0.05, 0.1) is 4.90 Å². The molecule has 0 heterocycles. The van der Waals surface area contributed by atoms with E-state index in [0.717, 1.165) is 38.5 Å². The Balaban J connectivity index is 2.05. The fourth-order valence-electron chi connectivity index (χ4n) is 2.86. The first-order chi connectivity index (χ1) is 10.9. The molecule has 0 radical (unpaired) electrons. The molecule has 0 saturated heterocycles. The van der Waals surface area contributed by atoms with Gasteiger partial charge in [-0.2, -0.15) is 0 Å². The van der Waals surface area contributed by atoms with Crippen LogP contribution in [0.1, 0.15) is 48.9 Å². The van der Waals surface area contributed by atoms with Gasteiger partial charge in [-0.1, -0.05) is 25.7 Å². The minimum atomic E-state index is -3.62. The van der Waals surface area contributed by atoms with Gasteiger partial charge in [0.1, 0.15) is 0 Å². The van der Waals surface area contributed by atoms with E-state index in [2.05, 4.69) is 10.0 Å². The predicted octanol–water partition coefficient (Wildman–Crippen LogP) is 1.38. The van der Waals surface area contributed by atoms with Crippen LogP contribution in [0.15, 0.2) is 29.2 Å². The van der Waals surface area contributed by atoms with Crippen LogP contribution >= 0.6 is 0 Å². The van der Waals surface area contributed by atoms with Crippen LogP contribution in [0.25, 0.3) is 0 Å². The molecule has 2 rings (SSSR count). The summed E-state index contributed by atoms with van der Waals surface area (Å²) in [4.78, 5) is 11.6. The van der Waals surface area contributed by atoms with E-state index in [1.54, 1.807) is 0 Å². The van der Waals surface area contributed by atoms with Crippen molar-refractivity contribution in [2.24, 2.45) is 5.73 Å². The van der Waals surface area contributed by atoms with Crippen LogP contribution in [-0.4, -0.2) is 33.5 Å². The molecule has 7 heteroatoms. The highest BCUT2D eigenvalue weighted by molar-refractivity contribution is 7.89. The van der Waals surface area contributed by atoms with Gasteiger partial charge in [-0.05, 0) is 37.1 Å². The second kappa shape index (κ2) is 7.42. The zero-order valence-corrected chi connectivity index (χ0v) is 14.3. The Morgan fingerprint density at radius 2 is 1.70 bits per heavy atom. The molecule has 0 atom stereocenters. The smallest absolute Gasteiger partial charge is 0.251 e. The molecular formula is C16H25N3O3S. The van der Waals surface area contributed by atoms with E-state index in [4.69, 9.17) is 5.73 Å². The Labute approximate surface area is 137 Å². The van der Waals surface area contributed by atoms with E-state index in [1.165, 1.54) is 31.3 Å². The second-order valence-corrected chi connectivity index (χ2v) is 7.97. The summed E-state index contributed by atoms with van der Waals surface area (Å²) >= 11 is 0. The number of amides is 1. The lowest BCUT2D eigenvalue weighted by molar-refractivity contribution is 0.0963. The lowest BCUT2D eigenvalue weighted by atomic mass is 9.92. The van der Waals surface area contributed by atoms with Crippen LogP contribution < -0.4 is 15.8 Å².